The minimum absolute atomic E-state index is 0.103. The second kappa shape index (κ2) is 8.86. The van der Waals surface area contributed by atoms with Gasteiger partial charge in [0.1, 0.15) is 5.52 Å². The number of fused-ring (bicyclic) bond motifs is 1. The predicted molar refractivity (Wildman–Crippen MR) is 122 cm³/mol. The second-order valence-electron chi connectivity index (χ2n) is 6.66. The van der Waals surface area contributed by atoms with Crippen molar-refractivity contribution >= 4 is 51.6 Å². The van der Waals surface area contributed by atoms with Crippen LogP contribution in [-0.4, -0.2) is 22.4 Å². The standard InChI is InChI=1S/C22H15Cl2N3O5/c1-2-31-19-7-6-12(9-18(19)27(29)30)21(28)25-15-5-3-4-13(8-15)22-26-17-11-14(23)10-16(24)20(17)32-22/h3-11H,2H2,1H3,(H,25,28). The van der Waals surface area contributed by atoms with Crippen LogP contribution in [0.4, 0.5) is 11.4 Å². The van der Waals surface area contributed by atoms with Gasteiger partial charge in [0, 0.05) is 27.9 Å². The summed E-state index contributed by atoms with van der Waals surface area (Å²) in [5, 5.41) is 14.8. The summed E-state index contributed by atoms with van der Waals surface area (Å²) in [5.74, 6) is -0.108. The number of anilines is 1. The van der Waals surface area contributed by atoms with Gasteiger partial charge in [0.15, 0.2) is 11.3 Å². The number of amides is 1. The van der Waals surface area contributed by atoms with Crippen molar-refractivity contribution in [3.05, 3.63) is 80.3 Å². The molecule has 0 bridgehead atoms. The van der Waals surface area contributed by atoms with Crippen LogP contribution >= 0.6 is 23.2 Å². The molecule has 32 heavy (non-hydrogen) atoms. The number of nitro benzene ring substituents is 1. The molecule has 3 aromatic carbocycles. The second-order valence-corrected chi connectivity index (χ2v) is 7.51. The number of hydrogen-bond acceptors (Lipinski definition) is 6. The minimum Gasteiger partial charge on any atom is -0.487 e. The zero-order valence-corrected chi connectivity index (χ0v) is 18.1. The third kappa shape index (κ3) is 4.37. The van der Waals surface area contributed by atoms with Crippen LogP contribution < -0.4 is 10.1 Å². The molecule has 10 heteroatoms. The highest BCUT2D eigenvalue weighted by Gasteiger charge is 2.19. The zero-order valence-electron chi connectivity index (χ0n) is 16.6. The summed E-state index contributed by atoms with van der Waals surface area (Å²) >= 11 is 12.2. The molecule has 1 heterocycles. The highest BCUT2D eigenvalue weighted by Crippen LogP contribution is 2.33. The van der Waals surface area contributed by atoms with E-state index in [0.29, 0.717) is 38.3 Å². The van der Waals surface area contributed by atoms with E-state index in [1.54, 1.807) is 43.3 Å². The van der Waals surface area contributed by atoms with Gasteiger partial charge in [0.2, 0.25) is 5.89 Å². The molecule has 1 amide bonds. The monoisotopic (exact) mass is 471 g/mol. The van der Waals surface area contributed by atoms with Crippen LogP contribution in [0.1, 0.15) is 17.3 Å². The maximum Gasteiger partial charge on any atom is 0.311 e. The molecule has 0 aliphatic rings. The van der Waals surface area contributed by atoms with Crippen molar-refractivity contribution in [2.24, 2.45) is 0 Å². The normalized spacial score (nSPS) is 10.8. The summed E-state index contributed by atoms with van der Waals surface area (Å²) in [6, 6.07) is 14.1. The fourth-order valence-electron chi connectivity index (χ4n) is 3.10. The third-order valence-corrected chi connectivity index (χ3v) is 4.99. The summed E-state index contributed by atoms with van der Waals surface area (Å²) in [7, 11) is 0. The summed E-state index contributed by atoms with van der Waals surface area (Å²) in [4.78, 5) is 27.8. The lowest BCUT2D eigenvalue weighted by Crippen LogP contribution is -2.12. The van der Waals surface area contributed by atoms with Gasteiger partial charge >= 0.3 is 5.69 Å². The lowest BCUT2D eigenvalue weighted by atomic mass is 10.1. The van der Waals surface area contributed by atoms with Gasteiger partial charge in [-0.2, -0.15) is 0 Å². The number of nitrogens with one attached hydrogen (secondary N) is 1. The topological polar surface area (TPSA) is 108 Å². The predicted octanol–water partition coefficient (Wildman–Crippen LogP) is 6.36. The Hall–Kier alpha value is -3.62. The molecule has 0 aliphatic carbocycles. The fourth-order valence-corrected chi connectivity index (χ4v) is 3.62. The number of halogens is 2. The Morgan fingerprint density at radius 2 is 2.00 bits per heavy atom. The molecule has 0 fully saturated rings. The van der Waals surface area contributed by atoms with E-state index >= 15 is 0 Å². The average molecular weight is 472 g/mol. The van der Waals surface area contributed by atoms with E-state index in [-0.39, 0.29) is 23.6 Å². The summed E-state index contributed by atoms with van der Waals surface area (Å²) < 4.78 is 11.0. The molecule has 0 aliphatic heterocycles. The van der Waals surface area contributed by atoms with E-state index in [0.717, 1.165) is 0 Å². The number of oxazole rings is 1. The number of nitro groups is 1. The molecule has 4 aromatic rings. The quantitative estimate of drug-likeness (QED) is 0.258. The summed E-state index contributed by atoms with van der Waals surface area (Å²) in [6.45, 7) is 1.99. The first-order chi connectivity index (χ1) is 15.4. The number of carbonyl (C=O) groups excluding carboxylic acids is 1. The van der Waals surface area contributed by atoms with Gasteiger partial charge in [-0.05, 0) is 49.4 Å². The Morgan fingerprint density at radius 3 is 2.75 bits per heavy atom. The minimum atomic E-state index is -0.590. The Balaban J connectivity index is 1.61. The Kier molecular flexibility index (Phi) is 5.98. The van der Waals surface area contributed by atoms with Crippen LogP contribution in [0.3, 0.4) is 0 Å². The maximum absolute atomic E-state index is 12.7. The smallest absolute Gasteiger partial charge is 0.311 e. The van der Waals surface area contributed by atoms with E-state index < -0.39 is 10.8 Å². The molecule has 0 radical (unpaired) electrons. The lowest BCUT2D eigenvalue weighted by Gasteiger charge is -2.08. The van der Waals surface area contributed by atoms with E-state index in [2.05, 4.69) is 10.3 Å². The lowest BCUT2D eigenvalue weighted by molar-refractivity contribution is -0.385. The molecule has 0 spiro atoms. The van der Waals surface area contributed by atoms with Crippen molar-refractivity contribution in [1.82, 2.24) is 4.98 Å². The first-order valence-corrected chi connectivity index (χ1v) is 10.2. The molecule has 4 rings (SSSR count). The van der Waals surface area contributed by atoms with Gasteiger partial charge in [-0.25, -0.2) is 4.98 Å². The van der Waals surface area contributed by atoms with Crippen molar-refractivity contribution < 1.29 is 18.9 Å². The van der Waals surface area contributed by atoms with Crippen LogP contribution in [-0.2, 0) is 0 Å². The molecule has 0 atom stereocenters. The zero-order chi connectivity index (χ0) is 22.8. The van der Waals surface area contributed by atoms with Crippen molar-refractivity contribution in [3.8, 4) is 17.2 Å². The van der Waals surface area contributed by atoms with Crippen molar-refractivity contribution in [3.63, 3.8) is 0 Å². The number of ether oxygens (including phenoxy) is 1. The number of benzene rings is 3. The first kappa shape index (κ1) is 21.6. The van der Waals surface area contributed by atoms with Crippen molar-refractivity contribution in [1.29, 1.82) is 0 Å². The number of rotatable bonds is 6. The molecule has 8 nitrogen and oxygen atoms in total. The van der Waals surface area contributed by atoms with Crippen LogP contribution in [0.2, 0.25) is 10.0 Å². The largest absolute Gasteiger partial charge is 0.487 e. The number of aromatic nitrogens is 1. The average Bonchev–Trinajstić information content (AvgIpc) is 3.19. The Bertz CT molecular complexity index is 1350. The van der Waals surface area contributed by atoms with Crippen molar-refractivity contribution in [2.45, 2.75) is 6.92 Å². The van der Waals surface area contributed by atoms with Gasteiger partial charge in [0.25, 0.3) is 5.91 Å². The Labute approximate surface area is 191 Å². The van der Waals surface area contributed by atoms with E-state index in [1.165, 1.54) is 18.2 Å². The number of hydrogen-bond donors (Lipinski definition) is 1. The number of carbonyl (C=O) groups is 1. The van der Waals surface area contributed by atoms with Crippen LogP contribution in [0.25, 0.3) is 22.6 Å². The molecular formula is C22H15Cl2N3O5. The van der Waals surface area contributed by atoms with Crippen LogP contribution in [0, 0.1) is 10.1 Å². The Morgan fingerprint density at radius 1 is 1.19 bits per heavy atom. The molecule has 0 unspecified atom stereocenters. The van der Waals surface area contributed by atoms with Gasteiger partial charge in [-0.3, -0.25) is 14.9 Å². The van der Waals surface area contributed by atoms with Crippen LogP contribution in [0.15, 0.2) is 59.0 Å². The number of nitrogens with zero attached hydrogens (tertiary/aromatic N) is 2. The molecular weight excluding hydrogens is 457 g/mol. The molecule has 0 saturated carbocycles. The maximum atomic E-state index is 12.7. The van der Waals surface area contributed by atoms with Crippen molar-refractivity contribution in [2.75, 3.05) is 11.9 Å². The van der Waals surface area contributed by atoms with E-state index in [1.807, 2.05) is 0 Å². The van der Waals surface area contributed by atoms with E-state index in [9.17, 15) is 14.9 Å². The highest BCUT2D eigenvalue weighted by molar-refractivity contribution is 6.38. The molecule has 0 saturated heterocycles. The van der Waals surface area contributed by atoms with Gasteiger partial charge in [-0.1, -0.05) is 29.3 Å². The summed E-state index contributed by atoms with van der Waals surface area (Å²) in [6.07, 6.45) is 0. The van der Waals surface area contributed by atoms with E-state index in [4.69, 9.17) is 32.4 Å². The fraction of sp³-hybridized carbons (Fsp3) is 0.0909. The molecule has 1 N–H and O–H groups in total. The highest BCUT2D eigenvalue weighted by atomic mass is 35.5. The summed E-state index contributed by atoms with van der Waals surface area (Å²) in [5.41, 5.74) is 1.80. The van der Waals surface area contributed by atoms with Gasteiger partial charge in [0.05, 0.1) is 16.6 Å². The first-order valence-electron chi connectivity index (χ1n) is 9.44. The van der Waals surface area contributed by atoms with Crippen LogP contribution in [0.5, 0.6) is 5.75 Å². The van der Waals surface area contributed by atoms with Gasteiger partial charge in [-0.15, -0.1) is 0 Å². The molecule has 162 valence electrons. The SMILES string of the molecule is CCOc1ccc(C(=O)Nc2cccc(-c3nc4cc(Cl)cc(Cl)c4o3)c2)cc1[N+](=O)[O-]. The molecule has 1 aromatic heterocycles. The van der Waals surface area contributed by atoms with Gasteiger partial charge < -0.3 is 14.5 Å². The third-order valence-electron chi connectivity index (χ3n) is 4.49.